The summed E-state index contributed by atoms with van der Waals surface area (Å²) in [6, 6.07) is 12.0. The highest BCUT2D eigenvalue weighted by molar-refractivity contribution is 6.30. The van der Waals surface area contributed by atoms with Crippen LogP contribution in [-0.4, -0.2) is 34.8 Å². The molecule has 0 spiro atoms. The van der Waals surface area contributed by atoms with E-state index in [1.807, 2.05) is 6.07 Å². The van der Waals surface area contributed by atoms with Crippen LogP contribution in [0.3, 0.4) is 0 Å². The van der Waals surface area contributed by atoms with Gasteiger partial charge in [-0.3, -0.25) is 9.59 Å². The van der Waals surface area contributed by atoms with Gasteiger partial charge in [-0.1, -0.05) is 17.7 Å². The smallest absolute Gasteiger partial charge is 0.253 e. The summed E-state index contributed by atoms with van der Waals surface area (Å²) in [5, 5.41) is 12.2. The molecule has 1 fully saturated rings. The second-order valence-corrected chi connectivity index (χ2v) is 6.55. The lowest BCUT2D eigenvalue weighted by atomic mass is 9.95. The van der Waals surface area contributed by atoms with Gasteiger partial charge in [0, 0.05) is 30.8 Å². The van der Waals surface area contributed by atoms with Crippen molar-refractivity contribution in [3.8, 4) is 6.07 Å². The Morgan fingerprint density at radius 2 is 2.00 bits per heavy atom. The number of nitriles is 1. The van der Waals surface area contributed by atoms with E-state index in [1.165, 1.54) is 6.20 Å². The summed E-state index contributed by atoms with van der Waals surface area (Å²) in [5.41, 5.74) is 0.956. The molecule has 1 aliphatic rings. The first kappa shape index (κ1) is 17.9. The Hall–Kier alpha value is -2.91. The number of hydrogen-bond acceptors (Lipinski definition) is 4. The molecule has 1 aromatic carbocycles. The fourth-order valence-electron chi connectivity index (χ4n) is 2.93. The van der Waals surface area contributed by atoms with Crippen molar-refractivity contribution in [3.63, 3.8) is 0 Å². The predicted molar refractivity (Wildman–Crippen MR) is 97.7 cm³/mol. The van der Waals surface area contributed by atoms with E-state index in [1.54, 1.807) is 41.3 Å². The molecular formula is C19H17ClN4O2. The number of benzene rings is 1. The first-order valence-electron chi connectivity index (χ1n) is 8.28. The fourth-order valence-corrected chi connectivity index (χ4v) is 3.04. The highest BCUT2D eigenvalue weighted by Crippen LogP contribution is 2.21. The molecule has 1 aliphatic heterocycles. The molecule has 2 amide bonds. The van der Waals surface area contributed by atoms with E-state index in [4.69, 9.17) is 16.9 Å². The van der Waals surface area contributed by atoms with E-state index in [-0.39, 0.29) is 17.7 Å². The number of nitrogens with zero attached hydrogens (tertiary/aromatic N) is 3. The van der Waals surface area contributed by atoms with Crippen molar-refractivity contribution in [2.75, 3.05) is 18.4 Å². The second-order valence-electron chi connectivity index (χ2n) is 6.11. The van der Waals surface area contributed by atoms with E-state index in [9.17, 15) is 9.59 Å². The molecule has 1 saturated heterocycles. The van der Waals surface area contributed by atoms with Crippen LogP contribution >= 0.6 is 11.6 Å². The zero-order chi connectivity index (χ0) is 18.5. The van der Waals surface area contributed by atoms with Gasteiger partial charge in [0.15, 0.2) is 0 Å². The minimum Gasteiger partial charge on any atom is -0.339 e. The maximum atomic E-state index is 12.6. The summed E-state index contributed by atoms with van der Waals surface area (Å²) in [7, 11) is 0. The number of anilines is 1. The minimum atomic E-state index is -0.165. The Morgan fingerprint density at radius 1 is 1.23 bits per heavy atom. The third-order valence-corrected chi connectivity index (χ3v) is 4.59. The normalized spacial score (nSPS) is 14.5. The molecule has 1 N–H and O–H groups in total. The van der Waals surface area contributed by atoms with Crippen molar-refractivity contribution >= 4 is 29.2 Å². The van der Waals surface area contributed by atoms with Crippen molar-refractivity contribution in [1.29, 1.82) is 5.26 Å². The van der Waals surface area contributed by atoms with Gasteiger partial charge in [0.25, 0.3) is 5.91 Å². The van der Waals surface area contributed by atoms with Crippen molar-refractivity contribution in [3.05, 3.63) is 58.7 Å². The van der Waals surface area contributed by atoms with Crippen LogP contribution < -0.4 is 5.32 Å². The number of pyridine rings is 1. The summed E-state index contributed by atoms with van der Waals surface area (Å²) in [4.78, 5) is 30.7. The SMILES string of the molecule is N#Cc1cccc(C(=O)N2CCC(C(=O)Nc3ccc(Cl)cn3)CC2)c1. The summed E-state index contributed by atoms with van der Waals surface area (Å²) >= 11 is 5.78. The molecule has 0 aliphatic carbocycles. The van der Waals surface area contributed by atoms with E-state index >= 15 is 0 Å². The van der Waals surface area contributed by atoms with Crippen LogP contribution in [-0.2, 0) is 4.79 Å². The summed E-state index contributed by atoms with van der Waals surface area (Å²) in [6.07, 6.45) is 2.65. The van der Waals surface area contributed by atoms with Gasteiger partial charge < -0.3 is 10.2 Å². The monoisotopic (exact) mass is 368 g/mol. The molecule has 0 unspecified atom stereocenters. The molecule has 0 atom stereocenters. The van der Waals surface area contributed by atoms with Crippen LogP contribution in [0.4, 0.5) is 5.82 Å². The largest absolute Gasteiger partial charge is 0.339 e. The lowest BCUT2D eigenvalue weighted by molar-refractivity contribution is -0.121. The second kappa shape index (κ2) is 7.98. The van der Waals surface area contributed by atoms with Crippen molar-refractivity contribution < 1.29 is 9.59 Å². The maximum absolute atomic E-state index is 12.6. The Balaban J connectivity index is 1.56. The third-order valence-electron chi connectivity index (χ3n) is 4.37. The van der Waals surface area contributed by atoms with Gasteiger partial charge in [-0.2, -0.15) is 5.26 Å². The molecule has 26 heavy (non-hydrogen) atoms. The van der Waals surface area contributed by atoms with Crippen molar-refractivity contribution in [2.45, 2.75) is 12.8 Å². The lowest BCUT2D eigenvalue weighted by Crippen LogP contribution is -2.41. The summed E-state index contributed by atoms with van der Waals surface area (Å²) < 4.78 is 0. The molecule has 7 heteroatoms. The number of hydrogen-bond donors (Lipinski definition) is 1. The van der Waals surface area contributed by atoms with E-state index in [0.29, 0.717) is 47.9 Å². The van der Waals surface area contributed by atoms with Gasteiger partial charge in [-0.15, -0.1) is 0 Å². The Bertz CT molecular complexity index is 853. The molecule has 1 aromatic heterocycles. The third kappa shape index (κ3) is 4.19. The van der Waals surface area contributed by atoms with Gasteiger partial charge in [-0.25, -0.2) is 4.98 Å². The number of carbonyl (C=O) groups excluding carboxylic acids is 2. The number of piperidine rings is 1. The Kier molecular flexibility index (Phi) is 5.49. The standard InChI is InChI=1S/C19H17ClN4O2/c20-16-4-5-17(22-12-16)23-18(25)14-6-8-24(9-7-14)19(26)15-3-1-2-13(10-15)11-21/h1-5,10,12,14H,6-9H2,(H,22,23,25). The highest BCUT2D eigenvalue weighted by Gasteiger charge is 2.28. The number of nitrogens with one attached hydrogen (secondary N) is 1. The molecule has 0 saturated carbocycles. The summed E-state index contributed by atoms with van der Waals surface area (Å²) in [6.45, 7) is 1.00. The van der Waals surface area contributed by atoms with Gasteiger partial charge >= 0.3 is 0 Å². The van der Waals surface area contributed by atoms with E-state index < -0.39 is 0 Å². The van der Waals surface area contributed by atoms with Crippen molar-refractivity contribution in [1.82, 2.24) is 9.88 Å². The first-order valence-corrected chi connectivity index (χ1v) is 8.66. The van der Waals surface area contributed by atoms with Gasteiger partial charge in [0.2, 0.25) is 5.91 Å². The van der Waals surface area contributed by atoms with Crippen molar-refractivity contribution in [2.24, 2.45) is 5.92 Å². The zero-order valence-corrected chi connectivity index (χ0v) is 14.7. The van der Waals surface area contributed by atoms with Crippen LogP contribution in [0.2, 0.25) is 5.02 Å². The average molecular weight is 369 g/mol. The maximum Gasteiger partial charge on any atom is 0.253 e. The molecule has 2 heterocycles. The Morgan fingerprint density at radius 3 is 2.65 bits per heavy atom. The fraction of sp³-hybridized carbons (Fsp3) is 0.263. The number of rotatable bonds is 3. The zero-order valence-electron chi connectivity index (χ0n) is 14.0. The molecule has 6 nitrogen and oxygen atoms in total. The number of likely N-dealkylation sites (tertiary alicyclic amines) is 1. The highest BCUT2D eigenvalue weighted by atomic mass is 35.5. The van der Waals surface area contributed by atoms with Gasteiger partial charge in [-0.05, 0) is 43.2 Å². The average Bonchev–Trinajstić information content (AvgIpc) is 2.69. The quantitative estimate of drug-likeness (QED) is 0.901. The predicted octanol–water partition coefficient (Wildman–Crippen LogP) is 3.10. The molecule has 132 valence electrons. The van der Waals surface area contributed by atoms with Crippen LogP contribution in [0, 0.1) is 17.2 Å². The Labute approximate surface area is 156 Å². The number of aromatic nitrogens is 1. The molecule has 0 bridgehead atoms. The number of amides is 2. The molecule has 3 rings (SSSR count). The number of halogens is 1. The lowest BCUT2D eigenvalue weighted by Gasteiger charge is -2.31. The minimum absolute atomic E-state index is 0.0987. The first-order chi connectivity index (χ1) is 12.6. The van der Waals surface area contributed by atoms with Crippen LogP contribution in [0.1, 0.15) is 28.8 Å². The molecule has 0 radical (unpaired) electrons. The van der Waals surface area contributed by atoms with E-state index in [2.05, 4.69) is 10.3 Å². The molecular weight excluding hydrogens is 352 g/mol. The van der Waals surface area contributed by atoms with Crippen LogP contribution in [0.5, 0.6) is 0 Å². The summed E-state index contributed by atoms with van der Waals surface area (Å²) in [5.74, 6) is 0.0897. The van der Waals surface area contributed by atoms with Gasteiger partial charge in [0.1, 0.15) is 5.82 Å². The molecule has 2 aromatic rings. The van der Waals surface area contributed by atoms with Crippen LogP contribution in [0.15, 0.2) is 42.6 Å². The van der Waals surface area contributed by atoms with Gasteiger partial charge in [0.05, 0.1) is 16.7 Å². The van der Waals surface area contributed by atoms with E-state index in [0.717, 1.165) is 0 Å². The topological polar surface area (TPSA) is 86.1 Å². The van der Waals surface area contributed by atoms with Crippen LogP contribution in [0.25, 0.3) is 0 Å². The number of carbonyl (C=O) groups is 2.